The molecule has 0 amide bonds. The second kappa shape index (κ2) is 6.86. The summed E-state index contributed by atoms with van der Waals surface area (Å²) in [6.45, 7) is 0. The molecular weight excluding hydrogens is 332 g/mol. The summed E-state index contributed by atoms with van der Waals surface area (Å²) < 4.78 is 1.64. The molecule has 0 aliphatic carbocycles. The Balaban J connectivity index is 1.51. The average molecular weight is 346 g/mol. The summed E-state index contributed by atoms with van der Waals surface area (Å²) in [6, 6.07) is 23.4. The number of benzene rings is 3. The molecule has 0 aliphatic rings. The fourth-order valence-electron chi connectivity index (χ4n) is 2.58. The van der Waals surface area contributed by atoms with Gasteiger partial charge in [0, 0.05) is 5.56 Å². The highest BCUT2D eigenvalue weighted by atomic mass is 32.2. The lowest BCUT2D eigenvalue weighted by molar-refractivity contribution is 0.102. The Morgan fingerprint density at radius 1 is 0.920 bits per heavy atom. The summed E-state index contributed by atoms with van der Waals surface area (Å²) in [5.41, 5.74) is 1.57. The molecular formula is C19H14N4OS. The lowest BCUT2D eigenvalue weighted by Crippen LogP contribution is -2.05. The van der Waals surface area contributed by atoms with Crippen LogP contribution in [0, 0.1) is 0 Å². The van der Waals surface area contributed by atoms with Crippen LogP contribution in [0.15, 0.2) is 78.0 Å². The molecule has 0 spiro atoms. The number of aromatic nitrogens is 4. The number of hydrogen-bond donors (Lipinski definition) is 0. The summed E-state index contributed by atoms with van der Waals surface area (Å²) in [5, 5.41) is 14.5. The van der Waals surface area contributed by atoms with Gasteiger partial charge in [0.05, 0.1) is 11.4 Å². The van der Waals surface area contributed by atoms with Gasteiger partial charge >= 0.3 is 0 Å². The van der Waals surface area contributed by atoms with Crippen LogP contribution in [0.2, 0.25) is 0 Å². The van der Waals surface area contributed by atoms with Gasteiger partial charge in [0.15, 0.2) is 5.78 Å². The summed E-state index contributed by atoms with van der Waals surface area (Å²) in [5.74, 6) is 0.337. The third kappa shape index (κ3) is 3.29. The van der Waals surface area contributed by atoms with Crippen molar-refractivity contribution in [3.8, 4) is 5.69 Å². The zero-order valence-corrected chi connectivity index (χ0v) is 14.1. The zero-order valence-electron chi connectivity index (χ0n) is 13.2. The Hall–Kier alpha value is -2.99. The number of tetrazole rings is 1. The number of ketones is 1. The first kappa shape index (κ1) is 15.5. The molecule has 0 saturated heterocycles. The number of fused-ring (bicyclic) bond motifs is 1. The van der Waals surface area contributed by atoms with E-state index in [0.717, 1.165) is 16.5 Å². The van der Waals surface area contributed by atoms with Crippen molar-refractivity contribution in [3.05, 3.63) is 78.4 Å². The lowest BCUT2D eigenvalue weighted by Gasteiger charge is -2.05. The van der Waals surface area contributed by atoms with Crippen molar-refractivity contribution in [2.24, 2.45) is 0 Å². The van der Waals surface area contributed by atoms with Gasteiger partial charge in [0.1, 0.15) is 0 Å². The minimum atomic E-state index is 0.0540. The van der Waals surface area contributed by atoms with Crippen LogP contribution >= 0.6 is 11.8 Å². The van der Waals surface area contributed by atoms with E-state index in [-0.39, 0.29) is 11.5 Å². The van der Waals surface area contributed by atoms with Crippen LogP contribution in [0.5, 0.6) is 0 Å². The number of Topliss-reactive ketones (excluding diaryl/α,β-unsaturated/α-hetero) is 1. The predicted octanol–water partition coefficient (Wildman–Crippen LogP) is 3.79. The van der Waals surface area contributed by atoms with Gasteiger partial charge in [-0.3, -0.25) is 4.79 Å². The van der Waals surface area contributed by atoms with E-state index in [9.17, 15) is 4.79 Å². The quantitative estimate of drug-likeness (QED) is 0.406. The summed E-state index contributed by atoms with van der Waals surface area (Å²) in [7, 11) is 0. The third-order valence-electron chi connectivity index (χ3n) is 3.85. The van der Waals surface area contributed by atoms with Crippen molar-refractivity contribution in [1.82, 2.24) is 20.2 Å². The summed E-state index contributed by atoms with van der Waals surface area (Å²) >= 11 is 1.33. The van der Waals surface area contributed by atoms with Crippen molar-refractivity contribution in [2.45, 2.75) is 5.16 Å². The van der Waals surface area contributed by atoms with Crippen molar-refractivity contribution in [2.75, 3.05) is 5.75 Å². The van der Waals surface area contributed by atoms with Crippen LogP contribution in [-0.4, -0.2) is 31.7 Å². The molecule has 0 radical (unpaired) electrons. The second-order valence-corrected chi connectivity index (χ2v) is 6.43. The number of para-hydroxylation sites is 1. The Bertz CT molecular complexity index is 1030. The number of rotatable bonds is 5. The fraction of sp³-hybridized carbons (Fsp3) is 0.0526. The maximum absolute atomic E-state index is 12.5. The fourth-order valence-corrected chi connectivity index (χ4v) is 3.36. The molecule has 122 valence electrons. The Labute approximate surface area is 148 Å². The third-order valence-corrected chi connectivity index (χ3v) is 4.76. The van der Waals surface area contributed by atoms with Gasteiger partial charge in [-0.1, -0.05) is 66.4 Å². The first-order chi connectivity index (χ1) is 12.3. The number of nitrogens with zero attached hydrogens (tertiary/aromatic N) is 4. The van der Waals surface area contributed by atoms with Crippen LogP contribution in [0.25, 0.3) is 16.5 Å². The maximum Gasteiger partial charge on any atom is 0.214 e. The van der Waals surface area contributed by atoms with Crippen molar-refractivity contribution in [1.29, 1.82) is 0 Å². The Morgan fingerprint density at radius 2 is 1.68 bits per heavy atom. The highest BCUT2D eigenvalue weighted by molar-refractivity contribution is 7.99. The number of hydrogen-bond acceptors (Lipinski definition) is 5. The Morgan fingerprint density at radius 3 is 2.52 bits per heavy atom. The average Bonchev–Trinajstić information content (AvgIpc) is 3.15. The SMILES string of the molecule is O=C(CSc1nnnn1-c1ccccc1)c1ccc2ccccc2c1. The van der Waals surface area contributed by atoms with Gasteiger partial charge in [0.25, 0.3) is 0 Å². The molecule has 0 unspecified atom stereocenters. The molecule has 6 heteroatoms. The van der Waals surface area contributed by atoms with Gasteiger partial charge in [-0.2, -0.15) is 4.68 Å². The van der Waals surface area contributed by atoms with Crippen molar-refractivity contribution in [3.63, 3.8) is 0 Å². The smallest absolute Gasteiger partial charge is 0.214 e. The highest BCUT2D eigenvalue weighted by Crippen LogP contribution is 2.21. The first-order valence-corrected chi connectivity index (χ1v) is 8.78. The Kier molecular flexibility index (Phi) is 4.26. The predicted molar refractivity (Wildman–Crippen MR) is 98.2 cm³/mol. The van der Waals surface area contributed by atoms with E-state index >= 15 is 0 Å². The van der Waals surface area contributed by atoms with Crippen molar-refractivity contribution < 1.29 is 4.79 Å². The van der Waals surface area contributed by atoms with Crippen LogP contribution in [-0.2, 0) is 0 Å². The first-order valence-electron chi connectivity index (χ1n) is 7.80. The second-order valence-electron chi connectivity index (χ2n) is 5.48. The molecule has 1 aromatic heterocycles. The van der Waals surface area contributed by atoms with E-state index in [1.807, 2.05) is 72.8 Å². The molecule has 5 nitrogen and oxygen atoms in total. The number of carbonyl (C=O) groups excluding carboxylic acids is 1. The van der Waals surface area contributed by atoms with E-state index in [2.05, 4.69) is 15.5 Å². The molecule has 4 aromatic rings. The van der Waals surface area contributed by atoms with E-state index in [0.29, 0.717) is 10.7 Å². The van der Waals surface area contributed by atoms with Crippen LogP contribution in [0.1, 0.15) is 10.4 Å². The van der Waals surface area contributed by atoms with Gasteiger partial charge in [-0.15, -0.1) is 5.10 Å². The van der Waals surface area contributed by atoms with Gasteiger partial charge < -0.3 is 0 Å². The van der Waals surface area contributed by atoms with Crippen LogP contribution in [0.4, 0.5) is 0 Å². The van der Waals surface area contributed by atoms with Crippen LogP contribution < -0.4 is 0 Å². The molecule has 1 heterocycles. The minimum Gasteiger partial charge on any atom is -0.293 e. The highest BCUT2D eigenvalue weighted by Gasteiger charge is 2.13. The number of thioether (sulfide) groups is 1. The summed E-state index contributed by atoms with van der Waals surface area (Å²) in [4.78, 5) is 12.5. The van der Waals surface area contributed by atoms with E-state index in [1.54, 1.807) is 4.68 Å². The van der Waals surface area contributed by atoms with E-state index < -0.39 is 0 Å². The molecule has 0 atom stereocenters. The molecule has 0 fully saturated rings. The lowest BCUT2D eigenvalue weighted by atomic mass is 10.1. The van der Waals surface area contributed by atoms with E-state index in [4.69, 9.17) is 0 Å². The largest absolute Gasteiger partial charge is 0.293 e. The monoisotopic (exact) mass is 346 g/mol. The molecule has 0 aliphatic heterocycles. The molecule has 0 saturated carbocycles. The number of carbonyl (C=O) groups is 1. The minimum absolute atomic E-state index is 0.0540. The molecule has 4 rings (SSSR count). The summed E-state index contributed by atoms with van der Waals surface area (Å²) in [6.07, 6.45) is 0. The van der Waals surface area contributed by atoms with Gasteiger partial charge in [-0.25, -0.2) is 0 Å². The topological polar surface area (TPSA) is 60.7 Å². The van der Waals surface area contributed by atoms with Crippen LogP contribution in [0.3, 0.4) is 0 Å². The zero-order chi connectivity index (χ0) is 17.1. The van der Waals surface area contributed by atoms with Gasteiger partial charge in [0.2, 0.25) is 5.16 Å². The van der Waals surface area contributed by atoms with Crippen molar-refractivity contribution >= 4 is 28.3 Å². The van der Waals surface area contributed by atoms with Gasteiger partial charge in [-0.05, 0) is 39.4 Å². The molecule has 3 aromatic carbocycles. The molecule has 0 bridgehead atoms. The maximum atomic E-state index is 12.5. The normalized spacial score (nSPS) is 10.9. The molecule has 0 N–H and O–H groups in total. The standard InChI is InChI=1S/C19H14N4OS/c24-18(16-11-10-14-6-4-5-7-15(14)12-16)13-25-19-20-21-22-23(19)17-8-2-1-3-9-17/h1-12H,13H2. The van der Waals surface area contributed by atoms with E-state index in [1.165, 1.54) is 11.8 Å². The molecule has 25 heavy (non-hydrogen) atoms.